The maximum absolute atomic E-state index is 12.6. The molecule has 1 fully saturated rings. The van der Waals surface area contributed by atoms with Crippen molar-refractivity contribution in [1.29, 1.82) is 5.26 Å². The minimum Gasteiger partial charge on any atom is -0.360 e. The summed E-state index contributed by atoms with van der Waals surface area (Å²) in [6, 6.07) is 11.3. The zero-order chi connectivity index (χ0) is 24.1. The molecule has 2 atom stereocenters. The van der Waals surface area contributed by atoms with E-state index < -0.39 is 0 Å². The molecule has 0 radical (unpaired) electrons. The normalized spacial score (nSPS) is 15.6. The van der Waals surface area contributed by atoms with Gasteiger partial charge in [0.05, 0.1) is 17.3 Å². The van der Waals surface area contributed by atoms with Crippen LogP contribution in [0.15, 0.2) is 34.9 Å². The van der Waals surface area contributed by atoms with Gasteiger partial charge in [-0.15, -0.1) is 0 Å². The smallest absolute Gasteiger partial charge is 0.233 e. The highest BCUT2D eigenvalue weighted by atomic mass is 16.5. The van der Waals surface area contributed by atoms with Crippen molar-refractivity contribution in [1.82, 2.24) is 15.4 Å². The van der Waals surface area contributed by atoms with Crippen LogP contribution in [-0.2, 0) is 16.1 Å². The number of rotatable bonds is 6. The van der Waals surface area contributed by atoms with E-state index in [1.807, 2.05) is 49.9 Å². The highest BCUT2D eigenvalue weighted by Gasteiger charge is 2.35. The molecule has 2 aromatic rings. The van der Waals surface area contributed by atoms with E-state index in [1.54, 1.807) is 12.1 Å². The molecule has 0 saturated carbocycles. The van der Waals surface area contributed by atoms with Gasteiger partial charge < -0.3 is 14.7 Å². The molecule has 1 saturated heterocycles. The maximum Gasteiger partial charge on any atom is 0.233 e. The highest BCUT2D eigenvalue weighted by Crippen LogP contribution is 2.30. The topological polar surface area (TPSA) is 99.2 Å². The molecule has 7 nitrogen and oxygen atoms in total. The predicted octanol–water partition coefficient (Wildman–Crippen LogP) is 4.56. The van der Waals surface area contributed by atoms with E-state index in [4.69, 9.17) is 9.78 Å². The third kappa shape index (κ3) is 7.84. The summed E-state index contributed by atoms with van der Waals surface area (Å²) in [4.78, 5) is 24.6. The Kier molecular flexibility index (Phi) is 11.8. The zero-order valence-electron chi connectivity index (χ0n) is 20.1. The van der Waals surface area contributed by atoms with Gasteiger partial charge in [0, 0.05) is 25.2 Å². The van der Waals surface area contributed by atoms with Gasteiger partial charge in [-0.05, 0) is 50.3 Å². The molecule has 1 aliphatic heterocycles. The van der Waals surface area contributed by atoms with Gasteiger partial charge in [-0.3, -0.25) is 9.59 Å². The third-order valence-electron chi connectivity index (χ3n) is 5.19. The summed E-state index contributed by atoms with van der Waals surface area (Å²) in [5.74, 6) is 0.905. The maximum atomic E-state index is 12.6. The number of nitrogens with one attached hydrogen (secondary N) is 1. The molecule has 1 aromatic carbocycles. The first-order valence-electron chi connectivity index (χ1n) is 11.3. The number of aryl methyl sites for hydroxylation is 1. The second-order valence-electron chi connectivity index (χ2n) is 7.92. The van der Waals surface area contributed by atoms with Crippen molar-refractivity contribution in [3.8, 4) is 6.07 Å². The van der Waals surface area contributed by atoms with Crippen LogP contribution >= 0.6 is 0 Å². The molecule has 2 amide bonds. The molecule has 0 spiro atoms. The van der Waals surface area contributed by atoms with E-state index >= 15 is 0 Å². The minimum atomic E-state index is -0.202. The first-order valence-corrected chi connectivity index (χ1v) is 11.3. The molecular formula is C25H36N4O3. The van der Waals surface area contributed by atoms with Crippen LogP contribution in [0.4, 0.5) is 0 Å². The number of nitriles is 1. The second-order valence-corrected chi connectivity index (χ2v) is 7.92. The summed E-state index contributed by atoms with van der Waals surface area (Å²) in [7, 11) is 0. The van der Waals surface area contributed by atoms with Crippen molar-refractivity contribution in [3.05, 3.63) is 52.9 Å². The SMILES string of the molecule is CC.Cc1cc(C(C(=O)N2CCCC2C)C(C)C)on1.N#Cc1ccc(CNC=O)cc1. The van der Waals surface area contributed by atoms with Gasteiger partial charge in [0.25, 0.3) is 0 Å². The fraction of sp³-hybridized carbons (Fsp3) is 0.520. The Morgan fingerprint density at radius 1 is 1.34 bits per heavy atom. The number of hydrogen-bond acceptors (Lipinski definition) is 5. The fourth-order valence-corrected chi connectivity index (χ4v) is 3.56. The molecule has 1 N–H and O–H groups in total. The van der Waals surface area contributed by atoms with Gasteiger partial charge in [0.15, 0.2) is 0 Å². The fourth-order valence-electron chi connectivity index (χ4n) is 3.56. The monoisotopic (exact) mass is 440 g/mol. The molecule has 3 rings (SSSR count). The number of aromatic nitrogens is 1. The van der Waals surface area contributed by atoms with E-state index in [1.165, 1.54) is 0 Å². The molecule has 174 valence electrons. The Morgan fingerprint density at radius 3 is 2.44 bits per heavy atom. The lowest BCUT2D eigenvalue weighted by molar-refractivity contribution is -0.134. The number of carbonyl (C=O) groups is 2. The standard InChI is InChI=1S/C14H22N2O2.C9H8N2O.C2H6/c1-9(2)13(12-8-10(3)15-18-12)14(17)16-7-5-6-11(16)4;10-5-8-1-3-9(4-2-8)6-11-7-12;1-2/h8-9,11,13H,5-7H2,1-4H3;1-4,7H,6H2,(H,11,12);1-2H3. The Morgan fingerprint density at radius 2 is 2.00 bits per heavy atom. The Hall–Kier alpha value is -3.14. The average Bonchev–Trinajstić information content (AvgIpc) is 3.42. The molecule has 2 heterocycles. The number of benzene rings is 1. The van der Waals surface area contributed by atoms with Crippen LogP contribution in [0, 0.1) is 24.2 Å². The minimum absolute atomic E-state index is 0.186. The van der Waals surface area contributed by atoms with E-state index in [9.17, 15) is 9.59 Å². The Bertz CT molecular complexity index is 868. The van der Waals surface area contributed by atoms with Gasteiger partial charge in [-0.25, -0.2) is 0 Å². The van der Waals surface area contributed by atoms with Crippen LogP contribution in [-0.4, -0.2) is 35.0 Å². The molecule has 0 aliphatic carbocycles. The molecule has 32 heavy (non-hydrogen) atoms. The van der Waals surface area contributed by atoms with Gasteiger partial charge in [-0.1, -0.05) is 45.0 Å². The van der Waals surface area contributed by atoms with Crippen LogP contribution in [0.3, 0.4) is 0 Å². The quantitative estimate of drug-likeness (QED) is 0.664. The summed E-state index contributed by atoms with van der Waals surface area (Å²) in [5.41, 5.74) is 2.45. The molecule has 2 unspecified atom stereocenters. The molecule has 0 bridgehead atoms. The molecular weight excluding hydrogens is 404 g/mol. The van der Waals surface area contributed by atoms with Crippen LogP contribution in [0.2, 0.25) is 0 Å². The summed E-state index contributed by atoms with van der Waals surface area (Å²) in [6.07, 6.45) is 2.86. The number of amides is 2. The first kappa shape index (κ1) is 26.9. The van der Waals surface area contributed by atoms with E-state index in [2.05, 4.69) is 31.2 Å². The van der Waals surface area contributed by atoms with Crippen molar-refractivity contribution >= 4 is 12.3 Å². The molecule has 1 aliphatic rings. The lowest BCUT2D eigenvalue weighted by Crippen LogP contribution is -2.38. The Balaban J connectivity index is 0.000000318. The van der Waals surface area contributed by atoms with Crippen LogP contribution in [0.1, 0.15) is 76.0 Å². The summed E-state index contributed by atoms with van der Waals surface area (Å²) in [5, 5.41) is 14.9. The lowest BCUT2D eigenvalue weighted by Gasteiger charge is -2.27. The number of likely N-dealkylation sites (tertiary alicyclic amines) is 1. The van der Waals surface area contributed by atoms with Crippen LogP contribution < -0.4 is 5.32 Å². The second kappa shape index (κ2) is 14.0. The largest absolute Gasteiger partial charge is 0.360 e. The molecule has 1 aromatic heterocycles. The van der Waals surface area contributed by atoms with Crippen molar-refractivity contribution in [2.24, 2.45) is 5.92 Å². The van der Waals surface area contributed by atoms with Gasteiger partial charge >= 0.3 is 0 Å². The zero-order valence-corrected chi connectivity index (χ0v) is 20.1. The first-order chi connectivity index (χ1) is 15.4. The average molecular weight is 441 g/mol. The predicted molar refractivity (Wildman–Crippen MR) is 125 cm³/mol. The Labute approximate surface area is 191 Å². The number of nitrogens with zero attached hydrogens (tertiary/aromatic N) is 3. The third-order valence-corrected chi connectivity index (χ3v) is 5.19. The molecule has 7 heteroatoms. The van der Waals surface area contributed by atoms with Gasteiger partial charge in [-0.2, -0.15) is 5.26 Å². The highest BCUT2D eigenvalue weighted by molar-refractivity contribution is 5.83. The summed E-state index contributed by atoms with van der Waals surface area (Å²) < 4.78 is 5.31. The lowest BCUT2D eigenvalue weighted by atomic mass is 9.91. The van der Waals surface area contributed by atoms with Crippen molar-refractivity contribution in [2.75, 3.05) is 6.54 Å². The van der Waals surface area contributed by atoms with Gasteiger partial charge in [0.2, 0.25) is 12.3 Å². The van der Waals surface area contributed by atoms with Crippen molar-refractivity contribution < 1.29 is 14.1 Å². The van der Waals surface area contributed by atoms with E-state index in [0.29, 0.717) is 30.3 Å². The van der Waals surface area contributed by atoms with Gasteiger partial charge in [0.1, 0.15) is 11.7 Å². The number of carbonyl (C=O) groups excluding carboxylic acids is 2. The summed E-state index contributed by atoms with van der Waals surface area (Å²) in [6.45, 7) is 13.5. The number of hydrogen-bond donors (Lipinski definition) is 1. The van der Waals surface area contributed by atoms with E-state index in [0.717, 1.165) is 30.6 Å². The summed E-state index contributed by atoms with van der Waals surface area (Å²) >= 11 is 0. The van der Waals surface area contributed by atoms with Crippen LogP contribution in [0.5, 0.6) is 0 Å². The van der Waals surface area contributed by atoms with Crippen molar-refractivity contribution in [3.63, 3.8) is 0 Å². The van der Waals surface area contributed by atoms with E-state index in [-0.39, 0.29) is 17.7 Å². The van der Waals surface area contributed by atoms with Crippen molar-refractivity contribution in [2.45, 2.75) is 72.9 Å². The van der Waals surface area contributed by atoms with Crippen LogP contribution in [0.25, 0.3) is 0 Å².